The molecule has 24 heavy (non-hydrogen) atoms. The zero-order valence-corrected chi connectivity index (χ0v) is 12.4. The molecule has 0 saturated carbocycles. The van der Waals surface area contributed by atoms with Crippen LogP contribution < -0.4 is 0 Å². The predicted molar refractivity (Wildman–Crippen MR) is 86.2 cm³/mol. The molecule has 1 aromatic heterocycles. The Labute approximate surface area is 137 Å². The van der Waals surface area contributed by atoms with Gasteiger partial charge in [-0.15, -0.1) is 0 Å². The van der Waals surface area contributed by atoms with Crippen molar-refractivity contribution in [1.82, 2.24) is 4.98 Å². The first-order valence-corrected chi connectivity index (χ1v) is 7.14. The molecule has 3 rings (SSSR count). The Balaban J connectivity index is 2.16. The van der Waals surface area contributed by atoms with Crippen LogP contribution in [0.25, 0.3) is 22.2 Å². The number of nitrogens with zero attached hydrogens (tertiary/aromatic N) is 3. The summed E-state index contributed by atoms with van der Waals surface area (Å²) in [5, 5.41) is 18.2. The smallest absolute Gasteiger partial charge is 0.197 e. The van der Waals surface area contributed by atoms with Gasteiger partial charge in [0.1, 0.15) is 5.52 Å². The van der Waals surface area contributed by atoms with Crippen molar-refractivity contribution < 1.29 is 9.18 Å². The van der Waals surface area contributed by atoms with Crippen LogP contribution in [0, 0.1) is 34.4 Å². The maximum atomic E-state index is 14.7. The van der Waals surface area contributed by atoms with Crippen LogP contribution in [-0.2, 0) is 0 Å². The average Bonchev–Trinajstić information content (AvgIpc) is 2.63. The molecule has 0 aliphatic rings. The van der Waals surface area contributed by atoms with Gasteiger partial charge in [0, 0.05) is 10.9 Å². The zero-order valence-electron chi connectivity index (χ0n) is 12.4. The Bertz CT molecular complexity index is 1000. The summed E-state index contributed by atoms with van der Waals surface area (Å²) < 4.78 is 14.7. The van der Waals surface area contributed by atoms with Gasteiger partial charge < -0.3 is 0 Å². The SMILES string of the molecule is N#CC(C#N)C(=O)c1ccc2ccc(-c3ccccc3)nc2c1F. The number of pyridine rings is 1. The first-order chi connectivity index (χ1) is 11.7. The molecule has 5 heteroatoms. The average molecular weight is 315 g/mol. The molecule has 4 nitrogen and oxygen atoms in total. The summed E-state index contributed by atoms with van der Waals surface area (Å²) in [6.07, 6.45) is 0. The molecule has 0 aliphatic carbocycles. The van der Waals surface area contributed by atoms with Gasteiger partial charge in [-0.3, -0.25) is 4.79 Å². The lowest BCUT2D eigenvalue weighted by Gasteiger charge is -2.07. The molecule has 0 unspecified atom stereocenters. The number of fused-ring (bicyclic) bond motifs is 1. The van der Waals surface area contributed by atoms with Crippen molar-refractivity contribution in [2.45, 2.75) is 0 Å². The quantitative estimate of drug-likeness (QED) is 0.687. The van der Waals surface area contributed by atoms with Crippen LogP contribution in [0.3, 0.4) is 0 Å². The maximum Gasteiger partial charge on any atom is 0.197 e. The zero-order chi connectivity index (χ0) is 17.1. The molecule has 3 aromatic rings. The van der Waals surface area contributed by atoms with E-state index in [1.54, 1.807) is 30.3 Å². The summed E-state index contributed by atoms with van der Waals surface area (Å²) in [7, 11) is 0. The Morgan fingerprint density at radius 1 is 1.00 bits per heavy atom. The number of halogens is 1. The minimum atomic E-state index is -1.53. The Hall–Kier alpha value is -3.57. The number of carbonyl (C=O) groups is 1. The van der Waals surface area contributed by atoms with Crippen LogP contribution in [0.1, 0.15) is 10.4 Å². The highest BCUT2D eigenvalue weighted by atomic mass is 19.1. The third-order valence-electron chi connectivity index (χ3n) is 3.66. The lowest BCUT2D eigenvalue weighted by Crippen LogP contribution is -2.13. The summed E-state index contributed by atoms with van der Waals surface area (Å²) >= 11 is 0. The van der Waals surface area contributed by atoms with Crippen molar-refractivity contribution in [3.05, 3.63) is 66.0 Å². The highest BCUT2D eigenvalue weighted by molar-refractivity contribution is 6.03. The standard InChI is InChI=1S/C19H10FN3O/c20-17-15(19(24)14(10-21)11-22)8-6-13-7-9-16(23-18(13)17)12-4-2-1-3-5-12/h1-9,14H. The number of carbonyl (C=O) groups excluding carboxylic acids is 1. The molecule has 0 atom stereocenters. The number of hydrogen-bond acceptors (Lipinski definition) is 4. The van der Waals surface area contributed by atoms with Gasteiger partial charge in [-0.1, -0.05) is 42.5 Å². The van der Waals surface area contributed by atoms with E-state index in [1.165, 1.54) is 6.07 Å². The van der Waals surface area contributed by atoms with E-state index in [0.717, 1.165) is 5.56 Å². The number of rotatable bonds is 3. The second kappa shape index (κ2) is 6.28. The summed E-state index contributed by atoms with van der Waals surface area (Å²) in [6, 6.07) is 18.7. The summed E-state index contributed by atoms with van der Waals surface area (Å²) in [5.74, 6) is -3.20. The fourth-order valence-corrected chi connectivity index (χ4v) is 2.42. The Morgan fingerprint density at radius 2 is 1.67 bits per heavy atom. The number of nitriles is 2. The van der Waals surface area contributed by atoms with E-state index < -0.39 is 17.5 Å². The molecule has 0 amide bonds. The van der Waals surface area contributed by atoms with Crippen LogP contribution in [0.5, 0.6) is 0 Å². The van der Waals surface area contributed by atoms with Gasteiger partial charge in [-0.05, 0) is 12.1 Å². The lowest BCUT2D eigenvalue weighted by atomic mass is 9.98. The normalized spacial score (nSPS) is 10.3. The monoisotopic (exact) mass is 315 g/mol. The highest BCUT2D eigenvalue weighted by Crippen LogP contribution is 2.25. The fraction of sp³-hybridized carbons (Fsp3) is 0.0526. The predicted octanol–water partition coefficient (Wildman–Crippen LogP) is 3.89. The van der Waals surface area contributed by atoms with Gasteiger partial charge in [0.05, 0.1) is 23.4 Å². The van der Waals surface area contributed by atoms with E-state index in [9.17, 15) is 9.18 Å². The number of aromatic nitrogens is 1. The first kappa shape index (κ1) is 15.3. The van der Waals surface area contributed by atoms with Gasteiger partial charge in [0.25, 0.3) is 0 Å². The van der Waals surface area contributed by atoms with E-state index in [0.29, 0.717) is 11.1 Å². The fourth-order valence-electron chi connectivity index (χ4n) is 2.42. The molecule has 0 spiro atoms. The van der Waals surface area contributed by atoms with Crippen molar-refractivity contribution in [3.63, 3.8) is 0 Å². The second-order valence-corrected chi connectivity index (χ2v) is 5.12. The number of ketones is 1. The van der Waals surface area contributed by atoms with E-state index >= 15 is 0 Å². The molecule has 0 radical (unpaired) electrons. The molecule has 114 valence electrons. The minimum Gasteiger partial charge on any atom is -0.291 e. The Morgan fingerprint density at radius 3 is 2.33 bits per heavy atom. The molecule has 2 aromatic carbocycles. The van der Waals surface area contributed by atoms with Crippen molar-refractivity contribution in [2.75, 3.05) is 0 Å². The van der Waals surface area contributed by atoms with Crippen LogP contribution in [0.2, 0.25) is 0 Å². The van der Waals surface area contributed by atoms with Crippen LogP contribution in [0.4, 0.5) is 4.39 Å². The molecule has 1 heterocycles. The third-order valence-corrected chi connectivity index (χ3v) is 3.66. The minimum absolute atomic E-state index is 0.0387. The topological polar surface area (TPSA) is 77.5 Å². The molecule has 0 aliphatic heterocycles. The van der Waals surface area contributed by atoms with Gasteiger partial charge in [-0.25, -0.2) is 9.37 Å². The van der Waals surface area contributed by atoms with Gasteiger partial charge in [-0.2, -0.15) is 10.5 Å². The Kier molecular flexibility index (Phi) is 4.01. The highest BCUT2D eigenvalue weighted by Gasteiger charge is 2.23. The van der Waals surface area contributed by atoms with E-state index in [-0.39, 0.29) is 11.1 Å². The maximum absolute atomic E-state index is 14.7. The summed E-state index contributed by atoms with van der Waals surface area (Å²) in [5.41, 5.74) is 1.14. The van der Waals surface area contributed by atoms with Gasteiger partial charge in [0.15, 0.2) is 17.5 Å². The molecule has 0 fully saturated rings. The van der Waals surface area contributed by atoms with E-state index in [1.807, 2.05) is 30.3 Å². The number of hydrogen-bond donors (Lipinski definition) is 0. The second-order valence-electron chi connectivity index (χ2n) is 5.12. The number of Topliss-reactive ketones (excluding diaryl/α,β-unsaturated/α-hetero) is 1. The first-order valence-electron chi connectivity index (χ1n) is 7.14. The summed E-state index contributed by atoms with van der Waals surface area (Å²) in [4.78, 5) is 16.4. The van der Waals surface area contributed by atoms with Crippen LogP contribution in [0.15, 0.2) is 54.6 Å². The summed E-state index contributed by atoms with van der Waals surface area (Å²) in [6.45, 7) is 0. The molecule has 0 N–H and O–H groups in total. The van der Waals surface area contributed by atoms with Crippen molar-refractivity contribution in [1.29, 1.82) is 10.5 Å². The third kappa shape index (κ3) is 2.60. The van der Waals surface area contributed by atoms with Crippen molar-refractivity contribution >= 4 is 16.7 Å². The molecule has 0 bridgehead atoms. The van der Waals surface area contributed by atoms with E-state index in [4.69, 9.17) is 10.5 Å². The molecular formula is C19H10FN3O. The van der Waals surface area contributed by atoms with Gasteiger partial charge >= 0.3 is 0 Å². The van der Waals surface area contributed by atoms with Crippen molar-refractivity contribution in [3.8, 4) is 23.4 Å². The van der Waals surface area contributed by atoms with Crippen molar-refractivity contribution in [2.24, 2.45) is 5.92 Å². The lowest BCUT2D eigenvalue weighted by molar-refractivity contribution is 0.0967. The largest absolute Gasteiger partial charge is 0.291 e. The van der Waals surface area contributed by atoms with Crippen LogP contribution in [-0.4, -0.2) is 10.8 Å². The van der Waals surface area contributed by atoms with Gasteiger partial charge in [0.2, 0.25) is 0 Å². The van der Waals surface area contributed by atoms with E-state index in [2.05, 4.69) is 4.98 Å². The number of benzene rings is 2. The molecule has 0 saturated heterocycles. The molecular weight excluding hydrogens is 305 g/mol. The van der Waals surface area contributed by atoms with Crippen LogP contribution >= 0.6 is 0 Å².